The second-order valence-corrected chi connectivity index (χ2v) is 11.1. The molecular weight excluding hydrogens is 234 g/mol. The van der Waals surface area contributed by atoms with Gasteiger partial charge in [-0.05, 0) is 10.6 Å². The van der Waals surface area contributed by atoms with E-state index < -0.39 is 14.2 Å². The Balaban J connectivity index is 3.38. The smallest absolute Gasteiger partial charge is 0.174 e. The maximum atomic E-state index is 13.3. The van der Waals surface area contributed by atoms with Gasteiger partial charge in [-0.25, -0.2) is 0 Å². The maximum absolute atomic E-state index is 13.3. The average Bonchev–Trinajstić information content (AvgIpc) is 2.16. The minimum absolute atomic E-state index is 0.0956. The minimum atomic E-state index is -2.21. The van der Waals surface area contributed by atoms with Crippen LogP contribution >= 0.6 is 0 Å². The summed E-state index contributed by atoms with van der Waals surface area (Å²) in [5.41, 5.74) is 0.666. The Morgan fingerprint density at radius 2 is 1.47 bits per heavy atom. The van der Waals surface area contributed by atoms with Crippen LogP contribution in [-0.4, -0.2) is 8.07 Å². The summed E-state index contributed by atoms with van der Waals surface area (Å²) in [4.78, 5) is 0. The van der Waals surface area contributed by atoms with Crippen LogP contribution in [0, 0.1) is 0 Å². The zero-order chi connectivity index (χ0) is 13.3. The van der Waals surface area contributed by atoms with Gasteiger partial charge in [0, 0.05) is 5.20 Å². The van der Waals surface area contributed by atoms with E-state index in [9.17, 15) is 8.78 Å². The van der Waals surface area contributed by atoms with E-state index in [0.717, 1.165) is 0 Å². The summed E-state index contributed by atoms with van der Waals surface area (Å²) in [6.07, 6.45) is -1.53. The van der Waals surface area contributed by atoms with E-state index >= 15 is 0 Å². The first-order valence-corrected chi connectivity index (χ1v) is 8.79. The van der Waals surface area contributed by atoms with E-state index in [1.165, 1.54) is 0 Å². The zero-order valence-corrected chi connectivity index (χ0v) is 12.1. The molecule has 0 amide bonds. The van der Waals surface area contributed by atoms with Crippen LogP contribution in [0.4, 0.5) is 8.78 Å². The summed E-state index contributed by atoms with van der Waals surface area (Å²) >= 11 is 0. The van der Waals surface area contributed by atoms with Crippen LogP contribution in [0.15, 0.2) is 36.4 Å². The van der Waals surface area contributed by atoms with Gasteiger partial charge in [0.05, 0.1) is 8.07 Å². The predicted octanol–water partition coefficient (Wildman–Crippen LogP) is 5.34. The van der Waals surface area contributed by atoms with Gasteiger partial charge in [0.25, 0.3) is 6.08 Å². The lowest BCUT2D eigenvalue weighted by molar-refractivity contribution is 0.426. The van der Waals surface area contributed by atoms with Gasteiger partial charge < -0.3 is 0 Å². The van der Waals surface area contributed by atoms with E-state index in [2.05, 4.69) is 0 Å². The molecule has 0 fully saturated rings. The van der Waals surface area contributed by atoms with Gasteiger partial charge in [0.1, 0.15) is 0 Å². The fourth-order valence-electron chi connectivity index (χ4n) is 1.69. The highest BCUT2D eigenvalue weighted by Crippen LogP contribution is 2.45. The van der Waals surface area contributed by atoms with Gasteiger partial charge in [-0.2, -0.15) is 8.78 Å². The molecule has 0 saturated carbocycles. The molecule has 0 radical (unpaired) electrons. The van der Waals surface area contributed by atoms with Crippen molar-refractivity contribution in [3.8, 4) is 0 Å². The largest absolute Gasteiger partial charge is 0.270 e. The van der Waals surface area contributed by atoms with Crippen molar-refractivity contribution < 1.29 is 8.78 Å². The summed E-state index contributed by atoms with van der Waals surface area (Å²) in [7, 11) is -2.21. The molecule has 0 aliphatic rings. The average molecular weight is 254 g/mol. The molecular formula is C14H20F2Si. The molecule has 0 N–H and O–H groups in total. The highest BCUT2D eigenvalue weighted by atomic mass is 28.3. The summed E-state index contributed by atoms with van der Waals surface area (Å²) < 4.78 is 26.7. The molecule has 1 rings (SSSR count). The topological polar surface area (TPSA) is 0 Å². The number of hydrogen-bond acceptors (Lipinski definition) is 0. The van der Waals surface area contributed by atoms with E-state index in [4.69, 9.17) is 0 Å². The van der Waals surface area contributed by atoms with Crippen molar-refractivity contribution in [2.45, 2.75) is 38.9 Å². The normalized spacial score (nSPS) is 12.4. The Morgan fingerprint density at radius 1 is 1.00 bits per heavy atom. The molecule has 0 aliphatic heterocycles. The van der Waals surface area contributed by atoms with Gasteiger partial charge >= 0.3 is 0 Å². The molecule has 0 heterocycles. The van der Waals surface area contributed by atoms with Crippen molar-refractivity contribution in [3.63, 3.8) is 0 Å². The van der Waals surface area contributed by atoms with Crippen molar-refractivity contribution in [3.05, 3.63) is 42.0 Å². The highest BCUT2D eigenvalue weighted by Gasteiger charge is 2.41. The Kier molecular flexibility index (Phi) is 3.92. The number of hydrogen-bond donors (Lipinski definition) is 0. The predicted molar refractivity (Wildman–Crippen MR) is 72.8 cm³/mol. The van der Waals surface area contributed by atoms with Crippen molar-refractivity contribution >= 4 is 13.3 Å². The van der Waals surface area contributed by atoms with Gasteiger partial charge in [0.15, 0.2) is 0 Å². The van der Waals surface area contributed by atoms with Gasteiger partial charge in [0.2, 0.25) is 0 Å². The standard InChI is InChI=1S/C14H20F2Si/c1-14(2,3)17(4,5)12(13(15)16)11-9-7-6-8-10-11/h6-10H,1-5H3. The van der Waals surface area contributed by atoms with E-state index in [1.54, 1.807) is 12.1 Å². The zero-order valence-electron chi connectivity index (χ0n) is 11.1. The van der Waals surface area contributed by atoms with Crippen LogP contribution in [0.1, 0.15) is 26.3 Å². The third-order valence-corrected chi connectivity index (χ3v) is 9.23. The van der Waals surface area contributed by atoms with Crippen molar-refractivity contribution in [1.82, 2.24) is 0 Å². The lowest BCUT2D eigenvalue weighted by Crippen LogP contribution is -2.39. The van der Waals surface area contributed by atoms with Gasteiger partial charge in [-0.3, -0.25) is 0 Å². The highest BCUT2D eigenvalue weighted by molar-refractivity contribution is 6.96. The molecule has 0 aromatic heterocycles. The Bertz CT molecular complexity index is 410. The first-order chi connectivity index (χ1) is 7.68. The second kappa shape index (κ2) is 4.73. The Labute approximate surface area is 103 Å². The number of rotatable bonds is 2. The van der Waals surface area contributed by atoms with Crippen molar-refractivity contribution in [2.75, 3.05) is 0 Å². The van der Waals surface area contributed by atoms with Crippen LogP contribution in [-0.2, 0) is 0 Å². The summed E-state index contributed by atoms with van der Waals surface area (Å²) in [6.45, 7) is 10.2. The lowest BCUT2D eigenvalue weighted by atomic mass is 10.2. The van der Waals surface area contributed by atoms with Gasteiger partial charge in [-0.15, -0.1) is 0 Å². The molecule has 0 nitrogen and oxygen atoms in total. The molecule has 0 bridgehead atoms. The van der Waals surface area contributed by atoms with Crippen molar-refractivity contribution in [2.24, 2.45) is 0 Å². The molecule has 94 valence electrons. The molecule has 0 aliphatic carbocycles. The molecule has 0 spiro atoms. The SMILES string of the molecule is CC(C)(C)[Si](C)(C)C(=C(F)F)c1ccccc1. The monoisotopic (exact) mass is 254 g/mol. The number of halogens is 2. The first-order valence-electron chi connectivity index (χ1n) is 5.79. The second-order valence-electron chi connectivity index (χ2n) is 5.88. The van der Waals surface area contributed by atoms with Crippen LogP contribution in [0.2, 0.25) is 18.1 Å². The molecule has 1 aromatic carbocycles. The van der Waals surface area contributed by atoms with Crippen molar-refractivity contribution in [1.29, 1.82) is 0 Å². The third kappa shape index (κ3) is 2.83. The first kappa shape index (κ1) is 14.1. The van der Waals surface area contributed by atoms with Crippen LogP contribution in [0.3, 0.4) is 0 Å². The Morgan fingerprint density at radius 3 is 1.82 bits per heavy atom. The number of benzene rings is 1. The third-order valence-electron chi connectivity index (χ3n) is 3.75. The quantitative estimate of drug-likeness (QED) is 0.625. The summed E-state index contributed by atoms with van der Waals surface area (Å²) in [5.74, 6) is 0. The fraction of sp³-hybridized carbons (Fsp3) is 0.429. The lowest BCUT2D eigenvalue weighted by Gasteiger charge is -2.38. The van der Waals surface area contributed by atoms with E-state index in [0.29, 0.717) is 5.56 Å². The summed E-state index contributed by atoms with van der Waals surface area (Å²) in [5, 5.41) is 0.187. The maximum Gasteiger partial charge on any atom is 0.270 e. The van der Waals surface area contributed by atoms with Crippen LogP contribution in [0.5, 0.6) is 0 Å². The molecule has 1 aromatic rings. The van der Waals surface area contributed by atoms with Crippen LogP contribution < -0.4 is 0 Å². The molecule has 0 atom stereocenters. The molecule has 0 saturated heterocycles. The molecule has 17 heavy (non-hydrogen) atoms. The molecule has 0 unspecified atom stereocenters. The minimum Gasteiger partial charge on any atom is -0.174 e. The summed E-state index contributed by atoms with van der Waals surface area (Å²) in [6, 6.07) is 9.02. The van der Waals surface area contributed by atoms with Gasteiger partial charge in [-0.1, -0.05) is 64.2 Å². The van der Waals surface area contributed by atoms with E-state index in [-0.39, 0.29) is 10.2 Å². The van der Waals surface area contributed by atoms with E-state index in [1.807, 2.05) is 52.1 Å². The molecule has 3 heteroatoms. The Hall–Kier alpha value is -0.963. The fourth-order valence-corrected chi connectivity index (χ4v) is 3.80. The van der Waals surface area contributed by atoms with Crippen LogP contribution in [0.25, 0.3) is 5.20 Å².